The molecule has 4 nitrogen and oxygen atoms in total. The van der Waals surface area contributed by atoms with Crippen molar-refractivity contribution in [2.45, 2.75) is 45.8 Å². The lowest BCUT2D eigenvalue weighted by Gasteiger charge is -2.49. The van der Waals surface area contributed by atoms with Gasteiger partial charge in [-0.1, -0.05) is 20.8 Å². The van der Waals surface area contributed by atoms with Crippen LogP contribution in [-0.4, -0.2) is 47.2 Å². The van der Waals surface area contributed by atoms with Crippen molar-refractivity contribution in [1.29, 1.82) is 0 Å². The highest BCUT2D eigenvalue weighted by molar-refractivity contribution is 5.79. The van der Waals surface area contributed by atoms with E-state index in [4.69, 9.17) is 0 Å². The molecule has 0 spiro atoms. The molecule has 0 bridgehead atoms. The second-order valence-corrected chi connectivity index (χ2v) is 5.20. The van der Waals surface area contributed by atoms with Gasteiger partial charge in [0.05, 0.1) is 19.6 Å². The molecule has 0 aromatic heterocycles. The second-order valence-electron chi connectivity index (χ2n) is 5.20. The molecule has 1 fully saturated rings. The van der Waals surface area contributed by atoms with Gasteiger partial charge in [0.1, 0.15) is 5.60 Å². The summed E-state index contributed by atoms with van der Waals surface area (Å²) in [6.07, 6.45) is 1.02. The lowest BCUT2D eigenvalue weighted by Crippen LogP contribution is -2.67. The summed E-state index contributed by atoms with van der Waals surface area (Å²) in [6.45, 7) is 9.45. The first-order valence-corrected chi connectivity index (χ1v) is 6.12. The van der Waals surface area contributed by atoms with Gasteiger partial charge in [0.25, 0.3) is 0 Å². The van der Waals surface area contributed by atoms with Crippen molar-refractivity contribution in [3.8, 4) is 0 Å². The van der Waals surface area contributed by atoms with Crippen molar-refractivity contribution < 1.29 is 9.90 Å². The van der Waals surface area contributed by atoms with Gasteiger partial charge in [0.15, 0.2) is 0 Å². The maximum atomic E-state index is 11.7. The fourth-order valence-electron chi connectivity index (χ4n) is 1.67. The number of likely N-dealkylation sites (tertiary alicyclic amines) is 1. The van der Waals surface area contributed by atoms with Gasteiger partial charge in [0.2, 0.25) is 5.91 Å². The van der Waals surface area contributed by atoms with E-state index in [1.54, 1.807) is 4.90 Å². The standard InChI is InChI=1S/C12H24N2O2/c1-5-10(4)13-6-11(15)14-7-12(16,8-14)9(2)3/h9-10,13,16H,5-8H2,1-4H3. The molecular weight excluding hydrogens is 204 g/mol. The summed E-state index contributed by atoms with van der Waals surface area (Å²) in [6, 6.07) is 0.370. The molecular formula is C12H24N2O2. The van der Waals surface area contributed by atoms with E-state index in [1.807, 2.05) is 13.8 Å². The van der Waals surface area contributed by atoms with Gasteiger partial charge in [-0.25, -0.2) is 0 Å². The van der Waals surface area contributed by atoms with E-state index >= 15 is 0 Å². The third-order valence-corrected chi connectivity index (χ3v) is 3.57. The molecule has 0 radical (unpaired) electrons. The second kappa shape index (κ2) is 5.15. The Kier molecular flexibility index (Phi) is 4.33. The number of nitrogens with zero attached hydrogens (tertiary/aromatic N) is 1. The minimum absolute atomic E-state index is 0.0885. The molecule has 0 aliphatic carbocycles. The van der Waals surface area contributed by atoms with E-state index in [0.717, 1.165) is 6.42 Å². The number of β-amino-alcohol motifs (C(OH)–C–C–N with tert-alkyl or cyclic N) is 1. The molecule has 1 heterocycles. The Morgan fingerprint density at radius 1 is 1.44 bits per heavy atom. The number of carbonyl (C=O) groups excluding carboxylic acids is 1. The van der Waals surface area contributed by atoms with E-state index in [-0.39, 0.29) is 11.8 Å². The van der Waals surface area contributed by atoms with Crippen LogP contribution in [0.2, 0.25) is 0 Å². The van der Waals surface area contributed by atoms with Crippen LogP contribution >= 0.6 is 0 Å². The first-order valence-electron chi connectivity index (χ1n) is 6.12. The topological polar surface area (TPSA) is 52.6 Å². The third kappa shape index (κ3) is 2.95. The summed E-state index contributed by atoms with van der Waals surface area (Å²) in [4.78, 5) is 13.4. The average molecular weight is 228 g/mol. The Labute approximate surface area is 98.0 Å². The monoisotopic (exact) mass is 228 g/mol. The predicted octanol–water partition coefficient (Wildman–Crippen LogP) is 0.604. The first kappa shape index (κ1) is 13.5. The van der Waals surface area contributed by atoms with Crippen LogP contribution in [0.25, 0.3) is 0 Å². The summed E-state index contributed by atoms with van der Waals surface area (Å²) in [5, 5.41) is 13.2. The number of hydrogen-bond donors (Lipinski definition) is 2. The largest absolute Gasteiger partial charge is 0.386 e. The van der Waals surface area contributed by atoms with E-state index in [9.17, 15) is 9.90 Å². The van der Waals surface area contributed by atoms with Crippen molar-refractivity contribution >= 4 is 5.91 Å². The quantitative estimate of drug-likeness (QED) is 0.724. The van der Waals surface area contributed by atoms with Gasteiger partial charge >= 0.3 is 0 Å². The molecule has 0 aromatic rings. The number of carbonyl (C=O) groups is 1. The summed E-state index contributed by atoms with van der Waals surface area (Å²) < 4.78 is 0. The summed E-state index contributed by atoms with van der Waals surface area (Å²) in [5.41, 5.74) is -0.661. The zero-order valence-electron chi connectivity index (χ0n) is 10.8. The first-order chi connectivity index (χ1) is 7.39. The minimum Gasteiger partial charge on any atom is -0.386 e. The van der Waals surface area contributed by atoms with Crippen LogP contribution in [0.3, 0.4) is 0 Å². The summed E-state index contributed by atoms with van der Waals surface area (Å²) >= 11 is 0. The predicted molar refractivity (Wildman–Crippen MR) is 64.1 cm³/mol. The van der Waals surface area contributed by atoms with E-state index in [1.165, 1.54) is 0 Å². The van der Waals surface area contributed by atoms with Crippen molar-refractivity contribution in [3.63, 3.8) is 0 Å². The maximum Gasteiger partial charge on any atom is 0.236 e. The van der Waals surface area contributed by atoms with Crippen molar-refractivity contribution in [2.24, 2.45) is 5.92 Å². The highest BCUT2D eigenvalue weighted by Crippen LogP contribution is 2.28. The highest BCUT2D eigenvalue weighted by atomic mass is 16.3. The number of hydrogen-bond acceptors (Lipinski definition) is 3. The molecule has 94 valence electrons. The molecule has 1 aliphatic rings. The third-order valence-electron chi connectivity index (χ3n) is 3.57. The zero-order chi connectivity index (χ0) is 12.3. The van der Waals surface area contributed by atoms with Crippen LogP contribution in [0.1, 0.15) is 34.1 Å². The number of rotatable bonds is 5. The lowest BCUT2D eigenvalue weighted by atomic mass is 9.83. The normalized spacial score (nSPS) is 20.8. The van der Waals surface area contributed by atoms with Gasteiger partial charge in [-0.3, -0.25) is 4.79 Å². The number of amides is 1. The molecule has 4 heteroatoms. The molecule has 1 aliphatic heterocycles. The molecule has 0 aromatic carbocycles. The van der Waals surface area contributed by atoms with Crippen molar-refractivity contribution in [2.75, 3.05) is 19.6 Å². The van der Waals surface area contributed by atoms with Gasteiger partial charge in [-0.05, 0) is 19.3 Å². The fraction of sp³-hybridized carbons (Fsp3) is 0.917. The van der Waals surface area contributed by atoms with Crippen LogP contribution in [0.4, 0.5) is 0 Å². The van der Waals surface area contributed by atoms with Crippen LogP contribution in [-0.2, 0) is 4.79 Å². The summed E-state index contributed by atoms with van der Waals surface area (Å²) in [5.74, 6) is 0.296. The smallest absolute Gasteiger partial charge is 0.236 e. The lowest BCUT2D eigenvalue weighted by molar-refractivity contribution is -0.162. The van der Waals surface area contributed by atoms with Crippen LogP contribution < -0.4 is 5.32 Å². The SMILES string of the molecule is CCC(C)NCC(=O)N1CC(O)(C(C)C)C1. The van der Waals surface area contributed by atoms with Gasteiger partial charge in [0, 0.05) is 6.04 Å². The number of nitrogens with one attached hydrogen (secondary N) is 1. The van der Waals surface area contributed by atoms with Gasteiger partial charge in [-0.2, -0.15) is 0 Å². The molecule has 16 heavy (non-hydrogen) atoms. The maximum absolute atomic E-state index is 11.7. The minimum atomic E-state index is -0.661. The molecule has 1 unspecified atom stereocenters. The van der Waals surface area contributed by atoms with Crippen molar-refractivity contribution in [1.82, 2.24) is 10.2 Å². The summed E-state index contributed by atoms with van der Waals surface area (Å²) in [7, 11) is 0. The van der Waals surface area contributed by atoms with Gasteiger partial charge < -0.3 is 15.3 Å². The van der Waals surface area contributed by atoms with Crippen molar-refractivity contribution in [3.05, 3.63) is 0 Å². The Bertz CT molecular complexity index is 247. The Morgan fingerprint density at radius 3 is 2.44 bits per heavy atom. The Morgan fingerprint density at radius 2 is 2.00 bits per heavy atom. The molecule has 1 atom stereocenters. The number of aliphatic hydroxyl groups is 1. The van der Waals surface area contributed by atoms with Crippen LogP contribution in [0.15, 0.2) is 0 Å². The molecule has 1 saturated heterocycles. The Hall–Kier alpha value is -0.610. The van der Waals surface area contributed by atoms with Gasteiger partial charge in [-0.15, -0.1) is 0 Å². The molecule has 0 saturated carbocycles. The van der Waals surface area contributed by atoms with E-state index < -0.39 is 5.60 Å². The van der Waals surface area contributed by atoms with E-state index in [0.29, 0.717) is 25.7 Å². The molecule has 1 amide bonds. The average Bonchev–Trinajstić information content (AvgIpc) is 2.20. The van der Waals surface area contributed by atoms with Crippen LogP contribution in [0.5, 0.6) is 0 Å². The molecule has 2 N–H and O–H groups in total. The fourth-order valence-corrected chi connectivity index (χ4v) is 1.67. The highest BCUT2D eigenvalue weighted by Gasteiger charge is 2.45. The van der Waals surface area contributed by atoms with Crippen LogP contribution in [0, 0.1) is 5.92 Å². The molecule has 1 rings (SSSR count). The zero-order valence-corrected chi connectivity index (χ0v) is 10.8. The van der Waals surface area contributed by atoms with E-state index in [2.05, 4.69) is 19.2 Å². The Balaban J connectivity index is 2.27.